The smallest absolute Gasteiger partial charge is 0.319 e. The first kappa shape index (κ1) is 22.6. The zero-order valence-electron chi connectivity index (χ0n) is 20.8. The normalized spacial score (nSPS) is 20.9. The molecule has 3 aliphatic heterocycles. The first-order valence-corrected chi connectivity index (χ1v) is 13.0. The van der Waals surface area contributed by atoms with Crippen LogP contribution in [0.5, 0.6) is 0 Å². The number of carbonyl (C=O) groups is 1. The molecule has 7 heteroatoms. The summed E-state index contributed by atoms with van der Waals surface area (Å²) in [5, 5.41) is 4.90. The Hall–Kier alpha value is -2.90. The van der Waals surface area contributed by atoms with Gasteiger partial charge in [0.25, 0.3) is 0 Å². The average molecular weight is 474 g/mol. The Labute approximate surface area is 206 Å². The van der Waals surface area contributed by atoms with Crippen molar-refractivity contribution in [3.05, 3.63) is 52.8 Å². The second-order valence-electron chi connectivity index (χ2n) is 10.5. The molecular weight excluding hydrogens is 438 g/mol. The standard InChI is InChI=1S/C28H35N5O2/c1-32(2)28(34)33-9-5-18(6-10-33)24-16-31-27-23(24)14-21(15-30-27)20-12-19-7-11-35-17-25(19)22(13-20)26-4-3-8-29-26/h12-16,18,26,29H,3-11,17H2,1-2H3,(H,30,31). The highest BCUT2D eigenvalue weighted by Gasteiger charge is 2.27. The fourth-order valence-corrected chi connectivity index (χ4v) is 6.12. The zero-order chi connectivity index (χ0) is 23.9. The Kier molecular flexibility index (Phi) is 5.98. The molecule has 5 heterocycles. The second-order valence-corrected chi connectivity index (χ2v) is 10.5. The SMILES string of the molecule is CN(C)C(=O)N1CCC(c2c[nH]c3ncc(-c4cc5c(c(C6CCCN6)c4)COCC5)cc23)CC1. The molecule has 7 nitrogen and oxygen atoms in total. The van der Waals surface area contributed by atoms with Crippen LogP contribution in [0.25, 0.3) is 22.2 Å². The van der Waals surface area contributed by atoms with Crippen LogP contribution in [0.1, 0.15) is 59.9 Å². The topological polar surface area (TPSA) is 73.5 Å². The summed E-state index contributed by atoms with van der Waals surface area (Å²) in [4.78, 5) is 24.2. The van der Waals surface area contributed by atoms with Gasteiger partial charge in [-0.25, -0.2) is 9.78 Å². The number of amides is 2. The van der Waals surface area contributed by atoms with Gasteiger partial charge in [-0.05, 0) is 84.5 Å². The van der Waals surface area contributed by atoms with Gasteiger partial charge in [0.2, 0.25) is 0 Å². The summed E-state index contributed by atoms with van der Waals surface area (Å²) in [7, 11) is 3.65. The number of hydrogen-bond acceptors (Lipinski definition) is 4. The Balaban J connectivity index is 1.32. The van der Waals surface area contributed by atoms with Crippen LogP contribution in [-0.2, 0) is 17.8 Å². The molecule has 2 fully saturated rings. The van der Waals surface area contributed by atoms with Gasteiger partial charge in [0.05, 0.1) is 13.2 Å². The lowest BCUT2D eigenvalue weighted by Gasteiger charge is -2.33. The minimum absolute atomic E-state index is 0.108. The van der Waals surface area contributed by atoms with Gasteiger partial charge in [0.1, 0.15) is 5.65 Å². The molecule has 0 bridgehead atoms. The first-order valence-electron chi connectivity index (χ1n) is 13.0. The largest absolute Gasteiger partial charge is 0.376 e. The Morgan fingerprint density at radius 2 is 1.97 bits per heavy atom. The predicted molar refractivity (Wildman–Crippen MR) is 137 cm³/mol. The average Bonchev–Trinajstić information content (AvgIpc) is 3.58. The number of hydrogen-bond donors (Lipinski definition) is 2. The Bertz CT molecular complexity index is 1240. The van der Waals surface area contributed by atoms with E-state index in [1.165, 1.54) is 51.6 Å². The van der Waals surface area contributed by atoms with Crippen LogP contribution < -0.4 is 5.32 Å². The third kappa shape index (κ3) is 4.21. The number of ether oxygens (including phenoxy) is 1. The van der Waals surface area contributed by atoms with Crippen molar-refractivity contribution >= 4 is 17.1 Å². The number of carbonyl (C=O) groups excluding carboxylic acids is 1. The molecule has 1 unspecified atom stereocenters. The van der Waals surface area contributed by atoms with Crippen LogP contribution >= 0.6 is 0 Å². The van der Waals surface area contributed by atoms with Crippen LogP contribution in [0.4, 0.5) is 4.79 Å². The van der Waals surface area contributed by atoms with E-state index < -0.39 is 0 Å². The van der Waals surface area contributed by atoms with Crippen molar-refractivity contribution in [3.63, 3.8) is 0 Å². The summed E-state index contributed by atoms with van der Waals surface area (Å²) in [6, 6.07) is 7.57. The van der Waals surface area contributed by atoms with Crippen LogP contribution in [0.15, 0.2) is 30.6 Å². The number of pyridine rings is 1. The maximum absolute atomic E-state index is 12.4. The number of nitrogens with one attached hydrogen (secondary N) is 2. The number of likely N-dealkylation sites (tertiary alicyclic amines) is 1. The number of H-pyrrole nitrogens is 1. The number of piperidine rings is 1. The molecule has 0 saturated carbocycles. The highest BCUT2D eigenvalue weighted by Crippen LogP contribution is 2.37. The van der Waals surface area contributed by atoms with Crippen LogP contribution in [0.2, 0.25) is 0 Å². The number of aromatic nitrogens is 2. The molecule has 3 aromatic rings. The van der Waals surface area contributed by atoms with Crippen LogP contribution in [-0.4, -0.2) is 66.1 Å². The lowest BCUT2D eigenvalue weighted by atomic mass is 9.87. The van der Waals surface area contributed by atoms with E-state index in [1.54, 1.807) is 4.90 Å². The van der Waals surface area contributed by atoms with E-state index >= 15 is 0 Å². The monoisotopic (exact) mass is 473 g/mol. The molecule has 35 heavy (non-hydrogen) atoms. The van der Waals surface area contributed by atoms with E-state index in [-0.39, 0.29) is 6.03 Å². The lowest BCUT2D eigenvalue weighted by Crippen LogP contribution is -2.43. The van der Waals surface area contributed by atoms with Crippen molar-refractivity contribution in [2.75, 3.05) is 40.3 Å². The molecule has 6 rings (SSSR count). The molecular formula is C28H35N5O2. The van der Waals surface area contributed by atoms with E-state index in [4.69, 9.17) is 9.72 Å². The maximum Gasteiger partial charge on any atom is 0.319 e. The summed E-state index contributed by atoms with van der Waals surface area (Å²) in [5.41, 5.74) is 8.91. The third-order valence-electron chi connectivity index (χ3n) is 8.06. The first-order chi connectivity index (χ1) is 17.1. The molecule has 2 amide bonds. The number of urea groups is 1. The number of fused-ring (bicyclic) bond motifs is 2. The fourth-order valence-electron chi connectivity index (χ4n) is 6.12. The minimum atomic E-state index is 0.108. The van der Waals surface area contributed by atoms with E-state index in [2.05, 4.69) is 34.7 Å². The summed E-state index contributed by atoms with van der Waals surface area (Å²) >= 11 is 0. The minimum Gasteiger partial charge on any atom is -0.376 e. The van der Waals surface area contributed by atoms with E-state index in [0.717, 1.165) is 57.8 Å². The van der Waals surface area contributed by atoms with Crippen LogP contribution in [0.3, 0.4) is 0 Å². The number of benzene rings is 1. The molecule has 184 valence electrons. The fraction of sp³-hybridized carbons (Fsp3) is 0.500. The van der Waals surface area contributed by atoms with Crippen molar-refractivity contribution in [3.8, 4) is 11.1 Å². The second kappa shape index (κ2) is 9.28. The number of aromatic amines is 1. The molecule has 2 saturated heterocycles. The zero-order valence-corrected chi connectivity index (χ0v) is 20.8. The molecule has 0 radical (unpaired) electrons. The Morgan fingerprint density at radius 1 is 1.11 bits per heavy atom. The number of rotatable bonds is 3. The number of nitrogens with zero attached hydrogens (tertiary/aromatic N) is 3. The van der Waals surface area contributed by atoms with Gasteiger partial charge < -0.3 is 24.8 Å². The van der Waals surface area contributed by atoms with Crippen molar-refractivity contribution < 1.29 is 9.53 Å². The van der Waals surface area contributed by atoms with Gasteiger partial charge in [-0.3, -0.25) is 0 Å². The molecule has 2 aromatic heterocycles. The summed E-state index contributed by atoms with van der Waals surface area (Å²) in [6.07, 6.45) is 9.48. The van der Waals surface area contributed by atoms with E-state index in [9.17, 15) is 4.79 Å². The molecule has 1 atom stereocenters. The summed E-state index contributed by atoms with van der Waals surface area (Å²) in [6.45, 7) is 4.20. The quantitative estimate of drug-likeness (QED) is 0.584. The van der Waals surface area contributed by atoms with Gasteiger partial charge in [-0.2, -0.15) is 0 Å². The van der Waals surface area contributed by atoms with Crippen molar-refractivity contribution in [2.45, 2.75) is 50.7 Å². The van der Waals surface area contributed by atoms with Gasteiger partial charge in [-0.15, -0.1) is 0 Å². The lowest BCUT2D eigenvalue weighted by molar-refractivity contribution is 0.109. The summed E-state index contributed by atoms with van der Waals surface area (Å²) in [5.74, 6) is 0.436. The van der Waals surface area contributed by atoms with Crippen molar-refractivity contribution in [1.82, 2.24) is 25.1 Å². The molecule has 2 N–H and O–H groups in total. The van der Waals surface area contributed by atoms with Crippen molar-refractivity contribution in [1.29, 1.82) is 0 Å². The molecule has 1 aromatic carbocycles. The molecule has 3 aliphatic rings. The predicted octanol–water partition coefficient (Wildman–Crippen LogP) is 4.59. The van der Waals surface area contributed by atoms with Gasteiger partial charge in [0.15, 0.2) is 0 Å². The van der Waals surface area contributed by atoms with Gasteiger partial charge in [-0.1, -0.05) is 6.07 Å². The maximum atomic E-state index is 12.4. The van der Waals surface area contributed by atoms with E-state index in [1.807, 2.05) is 25.2 Å². The Morgan fingerprint density at radius 3 is 2.74 bits per heavy atom. The summed E-state index contributed by atoms with van der Waals surface area (Å²) < 4.78 is 5.84. The van der Waals surface area contributed by atoms with Crippen LogP contribution in [0, 0.1) is 0 Å². The molecule has 0 aliphatic carbocycles. The molecule has 0 spiro atoms. The van der Waals surface area contributed by atoms with Gasteiger partial charge in [0, 0.05) is 56.6 Å². The van der Waals surface area contributed by atoms with E-state index in [0.29, 0.717) is 12.0 Å². The van der Waals surface area contributed by atoms with Gasteiger partial charge >= 0.3 is 6.03 Å². The highest BCUT2D eigenvalue weighted by atomic mass is 16.5. The van der Waals surface area contributed by atoms with Crippen molar-refractivity contribution in [2.24, 2.45) is 0 Å². The third-order valence-corrected chi connectivity index (χ3v) is 8.06. The highest BCUT2D eigenvalue weighted by molar-refractivity contribution is 5.85.